The van der Waals surface area contributed by atoms with Crippen LogP contribution in [0, 0.1) is 18.3 Å². The van der Waals surface area contributed by atoms with Crippen molar-refractivity contribution in [1.29, 1.82) is 5.41 Å². The Morgan fingerprint density at radius 1 is 1.41 bits per heavy atom. The fourth-order valence-corrected chi connectivity index (χ4v) is 1.52. The van der Waals surface area contributed by atoms with Crippen molar-refractivity contribution in [3.63, 3.8) is 0 Å². The lowest BCUT2D eigenvalue weighted by Gasteiger charge is -2.24. The number of anilines is 1. The Morgan fingerprint density at radius 2 is 2.00 bits per heavy atom. The quantitative estimate of drug-likeness (QED) is 0.579. The lowest BCUT2D eigenvalue weighted by atomic mass is 10.2. The van der Waals surface area contributed by atoms with Gasteiger partial charge < -0.3 is 10.6 Å². The van der Waals surface area contributed by atoms with E-state index in [1.54, 1.807) is 0 Å². The van der Waals surface area contributed by atoms with Gasteiger partial charge in [-0.25, -0.2) is 9.97 Å². The highest BCUT2D eigenvalue weighted by Gasteiger charge is 2.11. The van der Waals surface area contributed by atoms with E-state index in [9.17, 15) is 0 Å². The largest absolute Gasteiger partial charge is 0.388 e. The summed E-state index contributed by atoms with van der Waals surface area (Å²) >= 11 is 0. The molecule has 0 aliphatic rings. The van der Waals surface area contributed by atoms with Crippen LogP contribution in [0.4, 0.5) is 5.95 Å². The van der Waals surface area contributed by atoms with Gasteiger partial charge in [0, 0.05) is 31.9 Å². The van der Waals surface area contributed by atoms with Gasteiger partial charge in [0.25, 0.3) is 0 Å². The van der Waals surface area contributed by atoms with Crippen molar-refractivity contribution < 1.29 is 0 Å². The third-order valence-corrected chi connectivity index (χ3v) is 2.29. The number of aryl methyl sites for hydroxylation is 1. The first-order valence-corrected chi connectivity index (χ1v) is 5.85. The summed E-state index contributed by atoms with van der Waals surface area (Å²) in [5, 5.41) is 7.28. The van der Waals surface area contributed by atoms with Crippen LogP contribution in [-0.4, -0.2) is 28.9 Å². The minimum Gasteiger partial charge on any atom is -0.388 e. The molecule has 0 bridgehead atoms. The molecular weight excluding hydrogens is 214 g/mol. The molecular formula is C12H21N5. The molecule has 0 atom stereocenters. The Hall–Kier alpha value is -1.65. The minimum absolute atomic E-state index is 0.200. The molecule has 5 heteroatoms. The lowest BCUT2D eigenvalue weighted by Crippen LogP contribution is -2.32. The number of rotatable bonds is 6. The summed E-state index contributed by atoms with van der Waals surface area (Å²) in [4.78, 5) is 10.7. The van der Waals surface area contributed by atoms with Crippen LogP contribution < -0.4 is 10.6 Å². The second-order valence-corrected chi connectivity index (χ2v) is 4.68. The molecule has 0 spiro atoms. The zero-order valence-electron chi connectivity index (χ0n) is 10.8. The van der Waals surface area contributed by atoms with E-state index in [-0.39, 0.29) is 5.84 Å². The predicted molar refractivity (Wildman–Crippen MR) is 70.4 cm³/mol. The summed E-state index contributed by atoms with van der Waals surface area (Å²) in [7, 11) is 0. The van der Waals surface area contributed by atoms with Gasteiger partial charge in [-0.1, -0.05) is 13.8 Å². The Balaban J connectivity index is 2.74. The fraction of sp³-hybridized carbons (Fsp3) is 0.583. The maximum absolute atomic E-state index is 7.28. The summed E-state index contributed by atoms with van der Waals surface area (Å²) in [6.07, 6.45) is 4.16. The van der Waals surface area contributed by atoms with Crippen LogP contribution >= 0.6 is 0 Å². The third kappa shape index (κ3) is 4.80. The Bertz CT molecular complexity index is 358. The van der Waals surface area contributed by atoms with Crippen LogP contribution in [0.2, 0.25) is 0 Å². The molecule has 17 heavy (non-hydrogen) atoms. The molecule has 94 valence electrons. The van der Waals surface area contributed by atoms with Gasteiger partial charge >= 0.3 is 0 Å². The Morgan fingerprint density at radius 3 is 2.47 bits per heavy atom. The van der Waals surface area contributed by atoms with Crippen molar-refractivity contribution in [2.24, 2.45) is 11.7 Å². The molecule has 0 unspecified atom stereocenters. The highest BCUT2D eigenvalue weighted by Crippen LogP contribution is 2.10. The SMILES string of the molecule is Cc1cnc(N(CCC(=N)N)CC(C)C)nc1. The summed E-state index contributed by atoms with van der Waals surface area (Å²) < 4.78 is 0. The van der Waals surface area contributed by atoms with Crippen LogP contribution in [-0.2, 0) is 0 Å². The number of amidine groups is 1. The molecule has 0 aliphatic heterocycles. The molecule has 1 aromatic rings. The number of nitrogens with one attached hydrogen (secondary N) is 1. The highest BCUT2D eigenvalue weighted by atomic mass is 15.2. The van der Waals surface area contributed by atoms with Crippen molar-refractivity contribution in [2.75, 3.05) is 18.0 Å². The number of hydrogen-bond donors (Lipinski definition) is 2. The first-order valence-electron chi connectivity index (χ1n) is 5.85. The molecule has 0 saturated heterocycles. The van der Waals surface area contributed by atoms with Crippen molar-refractivity contribution >= 4 is 11.8 Å². The van der Waals surface area contributed by atoms with Gasteiger partial charge in [0.1, 0.15) is 0 Å². The molecule has 1 heterocycles. The van der Waals surface area contributed by atoms with Gasteiger partial charge in [-0.3, -0.25) is 5.41 Å². The Kier molecular flexibility index (Phi) is 4.87. The summed E-state index contributed by atoms with van der Waals surface area (Å²) in [5.74, 6) is 1.43. The van der Waals surface area contributed by atoms with Gasteiger partial charge in [0.15, 0.2) is 0 Å². The fourth-order valence-electron chi connectivity index (χ4n) is 1.52. The van der Waals surface area contributed by atoms with E-state index in [4.69, 9.17) is 11.1 Å². The van der Waals surface area contributed by atoms with E-state index in [0.717, 1.165) is 12.1 Å². The molecule has 0 radical (unpaired) electrons. The standard InChI is InChI=1S/C12H21N5/c1-9(2)8-17(5-4-11(13)14)12-15-6-10(3)7-16-12/h6-7,9H,4-5,8H2,1-3H3,(H3,13,14). The molecule has 1 aromatic heterocycles. The molecule has 0 amide bonds. The number of nitrogens with two attached hydrogens (primary N) is 1. The van der Waals surface area contributed by atoms with Crippen molar-refractivity contribution in [2.45, 2.75) is 27.2 Å². The third-order valence-electron chi connectivity index (χ3n) is 2.29. The van der Waals surface area contributed by atoms with Crippen LogP contribution in [0.3, 0.4) is 0 Å². The molecule has 3 N–H and O–H groups in total. The maximum atomic E-state index is 7.28. The van der Waals surface area contributed by atoms with E-state index in [2.05, 4.69) is 28.7 Å². The molecule has 0 aliphatic carbocycles. The van der Waals surface area contributed by atoms with Gasteiger partial charge in [-0.15, -0.1) is 0 Å². The summed E-state index contributed by atoms with van der Waals surface area (Å²) in [6.45, 7) is 7.82. The van der Waals surface area contributed by atoms with Crippen molar-refractivity contribution in [1.82, 2.24) is 9.97 Å². The van der Waals surface area contributed by atoms with Gasteiger partial charge in [0.2, 0.25) is 5.95 Å². The number of nitrogens with zero attached hydrogens (tertiary/aromatic N) is 3. The molecule has 0 aromatic carbocycles. The second kappa shape index (κ2) is 6.18. The van der Waals surface area contributed by atoms with Crippen LogP contribution in [0.1, 0.15) is 25.8 Å². The summed E-state index contributed by atoms with van der Waals surface area (Å²) in [5.41, 5.74) is 6.44. The lowest BCUT2D eigenvalue weighted by molar-refractivity contribution is 0.603. The predicted octanol–water partition coefficient (Wildman–Crippen LogP) is 1.57. The van der Waals surface area contributed by atoms with E-state index in [1.165, 1.54) is 0 Å². The van der Waals surface area contributed by atoms with E-state index in [1.807, 2.05) is 19.3 Å². The second-order valence-electron chi connectivity index (χ2n) is 4.68. The van der Waals surface area contributed by atoms with Gasteiger partial charge in [-0.2, -0.15) is 0 Å². The maximum Gasteiger partial charge on any atom is 0.225 e. The molecule has 0 fully saturated rings. The van der Waals surface area contributed by atoms with Gasteiger partial charge in [-0.05, 0) is 18.4 Å². The van der Waals surface area contributed by atoms with Gasteiger partial charge in [0.05, 0.1) is 5.84 Å². The molecule has 1 rings (SSSR count). The van der Waals surface area contributed by atoms with Crippen molar-refractivity contribution in [3.05, 3.63) is 18.0 Å². The van der Waals surface area contributed by atoms with E-state index < -0.39 is 0 Å². The summed E-state index contributed by atoms with van der Waals surface area (Å²) in [6, 6.07) is 0. The highest BCUT2D eigenvalue weighted by molar-refractivity contribution is 5.77. The number of aromatic nitrogens is 2. The number of hydrogen-bond acceptors (Lipinski definition) is 4. The van der Waals surface area contributed by atoms with Crippen LogP contribution in [0.5, 0.6) is 0 Å². The smallest absolute Gasteiger partial charge is 0.225 e. The van der Waals surface area contributed by atoms with Crippen LogP contribution in [0.15, 0.2) is 12.4 Å². The average molecular weight is 235 g/mol. The first-order chi connectivity index (χ1) is 7.99. The average Bonchev–Trinajstić information content (AvgIpc) is 2.25. The zero-order chi connectivity index (χ0) is 12.8. The van der Waals surface area contributed by atoms with Crippen LogP contribution in [0.25, 0.3) is 0 Å². The zero-order valence-corrected chi connectivity index (χ0v) is 10.8. The normalized spacial score (nSPS) is 10.6. The van der Waals surface area contributed by atoms with Crippen molar-refractivity contribution in [3.8, 4) is 0 Å². The van der Waals surface area contributed by atoms with E-state index >= 15 is 0 Å². The Labute approximate surface area is 103 Å². The van der Waals surface area contributed by atoms with E-state index in [0.29, 0.717) is 24.8 Å². The minimum atomic E-state index is 0.200. The monoisotopic (exact) mass is 235 g/mol. The topological polar surface area (TPSA) is 78.9 Å². The molecule has 5 nitrogen and oxygen atoms in total. The first kappa shape index (κ1) is 13.4. The molecule has 0 saturated carbocycles.